The van der Waals surface area contributed by atoms with E-state index in [2.05, 4.69) is 0 Å². The van der Waals surface area contributed by atoms with Gasteiger partial charge in [0, 0.05) is 24.5 Å². The van der Waals surface area contributed by atoms with E-state index in [9.17, 15) is 22.8 Å². The van der Waals surface area contributed by atoms with E-state index in [1.165, 1.54) is 0 Å². The van der Waals surface area contributed by atoms with Gasteiger partial charge < -0.3 is 10.0 Å². The fourth-order valence-corrected chi connectivity index (χ4v) is 2.78. The number of nitrogens with zero attached hydrogens (tertiary/aromatic N) is 1. The minimum Gasteiger partial charge on any atom is -0.481 e. The van der Waals surface area contributed by atoms with Gasteiger partial charge in [-0.3, -0.25) is 9.59 Å². The first kappa shape index (κ1) is 17.6. The van der Waals surface area contributed by atoms with Crippen molar-refractivity contribution in [2.24, 2.45) is 11.8 Å². The summed E-state index contributed by atoms with van der Waals surface area (Å²) >= 11 is 5.75. The highest BCUT2D eigenvalue weighted by Gasteiger charge is 2.53. The van der Waals surface area contributed by atoms with Crippen molar-refractivity contribution in [3.63, 3.8) is 0 Å². The van der Waals surface area contributed by atoms with Crippen LogP contribution in [0.3, 0.4) is 0 Å². The molecular formula is C15H15ClF3NO3. The van der Waals surface area contributed by atoms with Gasteiger partial charge in [0.2, 0.25) is 5.91 Å². The summed E-state index contributed by atoms with van der Waals surface area (Å²) in [7, 11) is 0. The highest BCUT2D eigenvalue weighted by molar-refractivity contribution is 6.30. The topological polar surface area (TPSA) is 57.6 Å². The predicted molar refractivity (Wildman–Crippen MR) is 77.0 cm³/mol. The van der Waals surface area contributed by atoms with Gasteiger partial charge >= 0.3 is 12.1 Å². The maximum absolute atomic E-state index is 12.9. The Morgan fingerprint density at radius 2 is 1.83 bits per heavy atom. The molecule has 0 unspecified atom stereocenters. The SMILES string of the molecule is O=C(O)[C@@H]1CN(C(=O)CCc2ccc(Cl)cc2)C[C@H]1C(F)(F)F. The second-order valence-corrected chi connectivity index (χ2v) is 5.95. The molecule has 8 heteroatoms. The van der Waals surface area contributed by atoms with Gasteiger partial charge in [0.05, 0.1) is 11.8 Å². The molecule has 23 heavy (non-hydrogen) atoms. The van der Waals surface area contributed by atoms with E-state index in [1.54, 1.807) is 24.3 Å². The summed E-state index contributed by atoms with van der Waals surface area (Å²) < 4.78 is 38.6. The molecule has 0 aliphatic carbocycles. The molecule has 0 saturated carbocycles. The second-order valence-electron chi connectivity index (χ2n) is 5.52. The van der Waals surface area contributed by atoms with Crippen LogP contribution in [0.25, 0.3) is 0 Å². The highest BCUT2D eigenvalue weighted by atomic mass is 35.5. The van der Waals surface area contributed by atoms with Crippen LogP contribution in [0.1, 0.15) is 12.0 Å². The third-order valence-corrected chi connectivity index (χ3v) is 4.20. The van der Waals surface area contributed by atoms with E-state index in [4.69, 9.17) is 16.7 Å². The molecule has 2 rings (SSSR count). The first-order valence-electron chi connectivity index (χ1n) is 7.00. The minimum absolute atomic E-state index is 0.0263. The molecule has 4 nitrogen and oxygen atoms in total. The van der Waals surface area contributed by atoms with Crippen LogP contribution in [-0.2, 0) is 16.0 Å². The Balaban J connectivity index is 1.97. The number of rotatable bonds is 4. The molecule has 0 aromatic heterocycles. The number of aliphatic carboxylic acids is 1. The molecule has 0 spiro atoms. The van der Waals surface area contributed by atoms with Gasteiger partial charge in [-0.15, -0.1) is 0 Å². The standard InChI is InChI=1S/C15H15ClF3NO3/c16-10-4-1-9(2-5-10)3-6-13(21)20-7-11(14(22)23)12(8-20)15(17,18)19/h1-2,4-5,11-12H,3,6-8H2,(H,22,23)/t11-,12-/m1/s1. The number of carboxylic acid groups (broad SMARTS) is 1. The fraction of sp³-hybridized carbons (Fsp3) is 0.467. The maximum atomic E-state index is 12.9. The van der Waals surface area contributed by atoms with Gasteiger partial charge in [0.25, 0.3) is 0 Å². The highest BCUT2D eigenvalue weighted by Crippen LogP contribution is 2.37. The van der Waals surface area contributed by atoms with Crippen molar-refractivity contribution in [3.05, 3.63) is 34.9 Å². The molecule has 1 aliphatic heterocycles. The summed E-state index contributed by atoms with van der Waals surface area (Å²) in [4.78, 5) is 24.0. The number of likely N-dealkylation sites (tertiary alicyclic amines) is 1. The normalized spacial score (nSPS) is 21.5. The van der Waals surface area contributed by atoms with Crippen molar-refractivity contribution < 1.29 is 27.9 Å². The van der Waals surface area contributed by atoms with Crippen LogP contribution in [0.15, 0.2) is 24.3 Å². The summed E-state index contributed by atoms with van der Waals surface area (Å²) in [6.45, 7) is -1.00. The monoisotopic (exact) mass is 349 g/mol. The van der Waals surface area contributed by atoms with E-state index in [0.29, 0.717) is 11.4 Å². The zero-order valence-corrected chi connectivity index (χ0v) is 12.8. The minimum atomic E-state index is -4.63. The molecule has 1 N–H and O–H groups in total. The number of carbonyl (C=O) groups excluding carboxylic acids is 1. The van der Waals surface area contributed by atoms with Crippen LogP contribution >= 0.6 is 11.6 Å². The zero-order valence-electron chi connectivity index (χ0n) is 12.0. The van der Waals surface area contributed by atoms with Gasteiger partial charge in [-0.1, -0.05) is 23.7 Å². The van der Waals surface area contributed by atoms with Crippen molar-refractivity contribution >= 4 is 23.5 Å². The molecule has 1 aliphatic rings. The molecule has 0 bridgehead atoms. The third kappa shape index (κ3) is 4.37. The molecule has 126 valence electrons. The number of amides is 1. The van der Waals surface area contributed by atoms with Crippen LogP contribution in [0.5, 0.6) is 0 Å². The summed E-state index contributed by atoms with van der Waals surface area (Å²) in [6.07, 6.45) is -4.24. The smallest absolute Gasteiger partial charge is 0.394 e. The molecule has 1 fully saturated rings. The van der Waals surface area contributed by atoms with Gasteiger partial charge in [-0.05, 0) is 24.1 Å². The molecular weight excluding hydrogens is 335 g/mol. The average molecular weight is 350 g/mol. The van der Waals surface area contributed by atoms with Crippen LogP contribution in [0, 0.1) is 11.8 Å². The first-order chi connectivity index (χ1) is 10.7. The summed E-state index contributed by atoms with van der Waals surface area (Å²) in [5.41, 5.74) is 0.837. The van der Waals surface area contributed by atoms with Gasteiger partial charge in [0.1, 0.15) is 0 Å². The Labute approximate surface area is 135 Å². The lowest BCUT2D eigenvalue weighted by Crippen LogP contribution is -2.34. The number of aryl methyl sites for hydroxylation is 1. The van der Waals surface area contributed by atoms with Crippen LogP contribution in [0.4, 0.5) is 13.2 Å². The van der Waals surface area contributed by atoms with Gasteiger partial charge in [-0.25, -0.2) is 0 Å². The molecule has 0 radical (unpaired) electrons. The molecule has 1 aromatic carbocycles. The van der Waals surface area contributed by atoms with Gasteiger partial charge in [0.15, 0.2) is 0 Å². The zero-order chi connectivity index (χ0) is 17.2. The quantitative estimate of drug-likeness (QED) is 0.909. The van der Waals surface area contributed by atoms with Gasteiger partial charge in [-0.2, -0.15) is 13.2 Å². The van der Waals surface area contributed by atoms with Crippen molar-refractivity contribution in [3.8, 4) is 0 Å². The van der Waals surface area contributed by atoms with E-state index in [1.807, 2.05) is 0 Å². The van der Waals surface area contributed by atoms with E-state index in [-0.39, 0.29) is 6.42 Å². The largest absolute Gasteiger partial charge is 0.481 e. The lowest BCUT2D eigenvalue weighted by atomic mass is 9.96. The van der Waals surface area contributed by atoms with Crippen molar-refractivity contribution in [2.75, 3.05) is 13.1 Å². The van der Waals surface area contributed by atoms with E-state index >= 15 is 0 Å². The van der Waals surface area contributed by atoms with Crippen molar-refractivity contribution in [1.82, 2.24) is 4.90 Å². The predicted octanol–water partition coefficient (Wildman–Crippen LogP) is 2.99. The average Bonchev–Trinajstić information content (AvgIpc) is 2.92. The Kier molecular flexibility index (Phi) is 5.19. The summed E-state index contributed by atoms with van der Waals surface area (Å²) in [5.74, 6) is -5.62. The number of halogens is 4. The number of benzene rings is 1. The van der Waals surface area contributed by atoms with Crippen molar-refractivity contribution in [1.29, 1.82) is 0 Å². The lowest BCUT2D eigenvalue weighted by molar-refractivity contribution is -0.188. The molecule has 1 saturated heterocycles. The Bertz CT molecular complexity index is 589. The Morgan fingerprint density at radius 3 is 2.30 bits per heavy atom. The molecule has 2 atom stereocenters. The molecule has 1 amide bonds. The lowest BCUT2D eigenvalue weighted by Gasteiger charge is -2.18. The summed E-state index contributed by atoms with van der Waals surface area (Å²) in [5, 5.41) is 9.48. The number of alkyl halides is 3. The number of carbonyl (C=O) groups is 2. The van der Waals surface area contributed by atoms with Crippen molar-refractivity contribution in [2.45, 2.75) is 19.0 Å². The number of hydrogen-bond acceptors (Lipinski definition) is 2. The first-order valence-corrected chi connectivity index (χ1v) is 7.38. The number of carboxylic acids is 1. The van der Waals surface area contributed by atoms with Crippen LogP contribution < -0.4 is 0 Å². The molecule has 1 aromatic rings. The summed E-state index contributed by atoms with van der Waals surface area (Å²) in [6, 6.07) is 6.80. The Hall–Kier alpha value is -1.76. The van der Waals surface area contributed by atoms with Crippen LogP contribution in [0.2, 0.25) is 5.02 Å². The maximum Gasteiger partial charge on any atom is 0.394 e. The fourth-order valence-electron chi connectivity index (χ4n) is 2.65. The number of hydrogen-bond donors (Lipinski definition) is 1. The molecule has 1 heterocycles. The van der Waals surface area contributed by atoms with Crippen LogP contribution in [-0.4, -0.2) is 41.1 Å². The van der Waals surface area contributed by atoms with E-state index in [0.717, 1.165) is 10.5 Å². The van der Waals surface area contributed by atoms with E-state index < -0.39 is 43.0 Å². The Morgan fingerprint density at radius 1 is 1.22 bits per heavy atom. The second kappa shape index (κ2) is 6.78. The third-order valence-electron chi connectivity index (χ3n) is 3.95.